The van der Waals surface area contributed by atoms with Crippen LogP contribution in [0.4, 0.5) is 18.9 Å². The summed E-state index contributed by atoms with van der Waals surface area (Å²) < 4.78 is 38.6. The van der Waals surface area contributed by atoms with Gasteiger partial charge in [-0.2, -0.15) is 5.26 Å². The van der Waals surface area contributed by atoms with Gasteiger partial charge in [0.1, 0.15) is 5.82 Å². The molecule has 0 aromatic heterocycles. The van der Waals surface area contributed by atoms with Crippen molar-refractivity contribution in [2.75, 3.05) is 11.9 Å². The Morgan fingerprint density at radius 3 is 2.62 bits per heavy atom. The molecule has 1 rings (SSSR count). The lowest BCUT2D eigenvalue weighted by Crippen LogP contribution is -2.05. The number of halogens is 3. The predicted molar refractivity (Wildman–Crippen MR) is 54.3 cm³/mol. The van der Waals surface area contributed by atoms with Gasteiger partial charge in [0.2, 0.25) is 0 Å². The van der Waals surface area contributed by atoms with Crippen LogP contribution >= 0.6 is 0 Å². The molecular formula is C11H11F3N2. The smallest absolute Gasteiger partial charge is 0.182 e. The van der Waals surface area contributed by atoms with E-state index in [0.717, 1.165) is 6.07 Å². The summed E-state index contributed by atoms with van der Waals surface area (Å²) in [6.45, 7) is 0.376. The third-order valence-electron chi connectivity index (χ3n) is 2.02. The van der Waals surface area contributed by atoms with E-state index in [4.69, 9.17) is 5.26 Å². The maximum absolute atomic E-state index is 13.1. The van der Waals surface area contributed by atoms with Crippen LogP contribution in [0, 0.1) is 28.8 Å². The van der Waals surface area contributed by atoms with Gasteiger partial charge in [-0.1, -0.05) is 0 Å². The largest absolute Gasteiger partial charge is 0.383 e. The van der Waals surface area contributed by atoms with Gasteiger partial charge in [0, 0.05) is 25.1 Å². The number of anilines is 1. The SMILES string of the molecule is N#CCCCCNc1cc(F)cc(F)c1F. The molecule has 0 aliphatic carbocycles. The maximum Gasteiger partial charge on any atom is 0.182 e. The summed E-state index contributed by atoms with van der Waals surface area (Å²) in [6, 6.07) is 3.38. The zero-order chi connectivity index (χ0) is 12.0. The summed E-state index contributed by atoms with van der Waals surface area (Å²) in [4.78, 5) is 0. The molecular weight excluding hydrogens is 217 g/mol. The van der Waals surface area contributed by atoms with Crippen molar-refractivity contribution in [1.82, 2.24) is 0 Å². The second-order valence-electron chi connectivity index (χ2n) is 3.29. The lowest BCUT2D eigenvalue weighted by atomic mass is 10.2. The lowest BCUT2D eigenvalue weighted by molar-refractivity contribution is 0.497. The number of unbranched alkanes of at least 4 members (excludes halogenated alkanes) is 2. The van der Waals surface area contributed by atoms with Gasteiger partial charge < -0.3 is 5.32 Å². The van der Waals surface area contributed by atoms with Crippen molar-refractivity contribution in [3.8, 4) is 6.07 Å². The highest BCUT2D eigenvalue weighted by Crippen LogP contribution is 2.19. The van der Waals surface area contributed by atoms with E-state index in [2.05, 4.69) is 5.32 Å². The number of rotatable bonds is 5. The fraction of sp³-hybridized carbons (Fsp3) is 0.364. The second-order valence-corrected chi connectivity index (χ2v) is 3.29. The van der Waals surface area contributed by atoms with Crippen LogP contribution in [0.2, 0.25) is 0 Å². The summed E-state index contributed by atoms with van der Waals surface area (Å²) >= 11 is 0. The molecule has 0 atom stereocenters. The zero-order valence-electron chi connectivity index (χ0n) is 8.56. The minimum absolute atomic E-state index is 0.186. The number of benzene rings is 1. The first kappa shape index (κ1) is 12.4. The zero-order valence-corrected chi connectivity index (χ0v) is 8.56. The molecule has 0 aliphatic rings. The second kappa shape index (κ2) is 6.01. The molecule has 86 valence electrons. The van der Waals surface area contributed by atoms with Gasteiger partial charge in [0.05, 0.1) is 11.8 Å². The minimum Gasteiger partial charge on any atom is -0.383 e. The fourth-order valence-electron chi connectivity index (χ4n) is 1.24. The molecule has 0 bridgehead atoms. The molecule has 0 fully saturated rings. The molecule has 0 unspecified atom stereocenters. The molecule has 0 aliphatic heterocycles. The van der Waals surface area contributed by atoms with Crippen molar-refractivity contribution in [3.63, 3.8) is 0 Å². The van der Waals surface area contributed by atoms with Gasteiger partial charge >= 0.3 is 0 Å². The molecule has 0 saturated carbocycles. The minimum atomic E-state index is -1.21. The first-order valence-corrected chi connectivity index (χ1v) is 4.90. The topological polar surface area (TPSA) is 35.8 Å². The van der Waals surface area contributed by atoms with Crippen molar-refractivity contribution in [3.05, 3.63) is 29.6 Å². The monoisotopic (exact) mass is 228 g/mol. The summed E-state index contributed by atoms with van der Waals surface area (Å²) in [7, 11) is 0. The summed E-state index contributed by atoms with van der Waals surface area (Å²) in [5.74, 6) is -3.11. The maximum atomic E-state index is 13.1. The molecule has 0 radical (unpaired) electrons. The number of nitrogens with zero attached hydrogens (tertiary/aromatic N) is 1. The van der Waals surface area contributed by atoms with E-state index in [-0.39, 0.29) is 5.69 Å². The molecule has 0 heterocycles. The van der Waals surface area contributed by atoms with Gasteiger partial charge in [0.25, 0.3) is 0 Å². The van der Waals surface area contributed by atoms with E-state index in [1.165, 1.54) is 0 Å². The van der Waals surface area contributed by atoms with E-state index in [1.807, 2.05) is 6.07 Å². The molecule has 1 aromatic rings. The Kier molecular flexibility index (Phi) is 4.65. The Morgan fingerprint density at radius 2 is 1.94 bits per heavy atom. The van der Waals surface area contributed by atoms with Crippen LogP contribution in [0.3, 0.4) is 0 Å². The van der Waals surface area contributed by atoms with E-state index in [0.29, 0.717) is 31.9 Å². The van der Waals surface area contributed by atoms with Crippen molar-refractivity contribution < 1.29 is 13.2 Å². The normalized spacial score (nSPS) is 9.88. The molecule has 16 heavy (non-hydrogen) atoms. The molecule has 0 amide bonds. The molecule has 1 aromatic carbocycles. The van der Waals surface area contributed by atoms with Gasteiger partial charge in [-0.3, -0.25) is 0 Å². The van der Waals surface area contributed by atoms with E-state index < -0.39 is 17.5 Å². The van der Waals surface area contributed by atoms with Gasteiger partial charge in [0.15, 0.2) is 11.6 Å². The highest BCUT2D eigenvalue weighted by atomic mass is 19.2. The quantitative estimate of drug-likeness (QED) is 0.620. The Morgan fingerprint density at radius 1 is 1.19 bits per heavy atom. The molecule has 5 heteroatoms. The van der Waals surface area contributed by atoms with Crippen molar-refractivity contribution in [2.45, 2.75) is 19.3 Å². The van der Waals surface area contributed by atoms with E-state index in [1.54, 1.807) is 0 Å². The van der Waals surface area contributed by atoms with Crippen LogP contribution < -0.4 is 5.32 Å². The lowest BCUT2D eigenvalue weighted by Gasteiger charge is -2.07. The fourth-order valence-corrected chi connectivity index (χ4v) is 1.24. The van der Waals surface area contributed by atoms with Gasteiger partial charge in [-0.25, -0.2) is 13.2 Å². The van der Waals surface area contributed by atoms with Crippen molar-refractivity contribution in [1.29, 1.82) is 5.26 Å². The molecule has 0 saturated heterocycles. The molecule has 2 nitrogen and oxygen atoms in total. The third-order valence-corrected chi connectivity index (χ3v) is 2.02. The molecule has 0 spiro atoms. The van der Waals surface area contributed by atoms with Crippen LogP contribution in [0.1, 0.15) is 19.3 Å². The standard InChI is InChI=1S/C11H11F3N2/c12-8-6-9(13)11(14)10(7-8)16-5-3-1-2-4-15/h6-7,16H,1-3,5H2. The Balaban J connectivity index is 2.51. The Hall–Kier alpha value is -1.70. The van der Waals surface area contributed by atoms with Crippen LogP contribution in [-0.4, -0.2) is 6.54 Å². The average molecular weight is 228 g/mol. The average Bonchev–Trinajstić information content (AvgIpc) is 2.24. The summed E-state index contributed by atoms with van der Waals surface area (Å²) in [5, 5.41) is 10.9. The summed E-state index contributed by atoms with van der Waals surface area (Å²) in [5.41, 5.74) is -0.186. The third kappa shape index (κ3) is 3.46. The van der Waals surface area contributed by atoms with E-state index in [9.17, 15) is 13.2 Å². The highest BCUT2D eigenvalue weighted by molar-refractivity contribution is 5.45. The first-order valence-electron chi connectivity index (χ1n) is 4.90. The van der Waals surface area contributed by atoms with Crippen LogP contribution in [0.15, 0.2) is 12.1 Å². The summed E-state index contributed by atoms with van der Waals surface area (Å²) in [6.07, 6.45) is 1.73. The Labute approximate surface area is 91.7 Å². The van der Waals surface area contributed by atoms with Crippen molar-refractivity contribution >= 4 is 5.69 Å². The predicted octanol–water partition coefficient (Wildman–Crippen LogP) is 3.21. The number of nitrogens with one attached hydrogen (secondary N) is 1. The number of hydrogen-bond acceptors (Lipinski definition) is 2. The van der Waals surface area contributed by atoms with Gasteiger partial charge in [-0.05, 0) is 12.8 Å². The number of nitriles is 1. The van der Waals surface area contributed by atoms with Crippen LogP contribution in [-0.2, 0) is 0 Å². The van der Waals surface area contributed by atoms with Crippen molar-refractivity contribution in [2.24, 2.45) is 0 Å². The van der Waals surface area contributed by atoms with Crippen LogP contribution in [0.5, 0.6) is 0 Å². The first-order chi connectivity index (χ1) is 7.65. The number of hydrogen-bond donors (Lipinski definition) is 1. The van der Waals surface area contributed by atoms with Crippen LogP contribution in [0.25, 0.3) is 0 Å². The Bertz CT molecular complexity index is 399. The molecule has 1 N–H and O–H groups in total. The van der Waals surface area contributed by atoms with Gasteiger partial charge in [-0.15, -0.1) is 0 Å². The van der Waals surface area contributed by atoms with E-state index >= 15 is 0 Å². The highest BCUT2D eigenvalue weighted by Gasteiger charge is 2.09.